The van der Waals surface area contributed by atoms with Crippen LogP contribution in [0.3, 0.4) is 0 Å². The van der Waals surface area contributed by atoms with Gasteiger partial charge in [0.15, 0.2) is 0 Å². The van der Waals surface area contributed by atoms with Gasteiger partial charge >= 0.3 is 5.97 Å². The van der Waals surface area contributed by atoms with Gasteiger partial charge in [0.05, 0.1) is 47.7 Å². The molecule has 7 rings (SSSR count). The number of esters is 1. The Labute approximate surface area is 462 Å². The normalized spacial score (nSPS) is 13.7. The van der Waals surface area contributed by atoms with Gasteiger partial charge in [0, 0.05) is 12.2 Å². The Balaban J connectivity index is 1.12. The molecule has 0 aliphatic rings. The highest BCUT2D eigenvalue weighted by atomic mass is 32.2. The molecule has 0 aliphatic carbocycles. The Bertz CT molecular complexity index is 2740. The number of ether oxygens (including phenoxy) is 1. The first kappa shape index (κ1) is 57.5. The van der Waals surface area contributed by atoms with Gasteiger partial charge in [-0.1, -0.05) is 238 Å². The van der Waals surface area contributed by atoms with E-state index < -0.39 is 63.5 Å². The number of carbonyl (C=O) groups is 4. The van der Waals surface area contributed by atoms with E-state index in [1.165, 1.54) is 18.9 Å². The first-order valence-electron chi connectivity index (χ1n) is 26.1. The van der Waals surface area contributed by atoms with Crippen molar-refractivity contribution >= 4 is 47.2 Å². The standard InChI is InChI=1S/C65H69N3O7S2/c1-47(2)61(58(70)45-60(72)75-3)68-63(74)57(46-77-65(52-35-19-8-20-36-52,53-37-21-9-22-38-53)54-39-23-10-24-40-54)67-62(73)56(43-48-27-11-4-12-28-48)66-59(71)44-55(69)41-25-26-42-76-64(49-29-13-5-14-30-49,50-31-15-6-16-32-50)51-33-17-7-18-34-51/h4-25,27-41,47,55-58,61,69-70H,26,42-46H2,1-3H3,(H,66,71)(H,67,73)(H,68,74)/b41-25+/t55-,56-,57-,58+,61-/m1/s1. The van der Waals surface area contributed by atoms with Gasteiger partial charge in [-0.15, -0.1) is 23.5 Å². The van der Waals surface area contributed by atoms with Crippen LogP contribution in [0, 0.1) is 5.92 Å². The Kier molecular flexibility index (Phi) is 21.5. The maximum Gasteiger partial charge on any atom is 0.308 e. The zero-order valence-electron chi connectivity index (χ0n) is 43.8. The second kappa shape index (κ2) is 28.8. The molecule has 0 aromatic heterocycles. The van der Waals surface area contributed by atoms with E-state index in [1.54, 1.807) is 17.8 Å². The summed E-state index contributed by atoms with van der Waals surface area (Å²) < 4.78 is 3.47. The average molecular weight is 1070 g/mol. The van der Waals surface area contributed by atoms with Gasteiger partial charge in [-0.3, -0.25) is 19.2 Å². The van der Waals surface area contributed by atoms with Gasteiger partial charge in [-0.25, -0.2) is 0 Å². The molecule has 12 heteroatoms. The van der Waals surface area contributed by atoms with E-state index in [4.69, 9.17) is 4.74 Å². The molecule has 0 spiro atoms. The monoisotopic (exact) mass is 1070 g/mol. The smallest absolute Gasteiger partial charge is 0.308 e. The van der Waals surface area contributed by atoms with Crippen LogP contribution in [-0.2, 0) is 39.8 Å². The molecule has 3 amide bonds. The largest absolute Gasteiger partial charge is 0.469 e. The molecule has 10 nitrogen and oxygen atoms in total. The zero-order valence-corrected chi connectivity index (χ0v) is 45.5. The molecule has 77 heavy (non-hydrogen) atoms. The summed E-state index contributed by atoms with van der Waals surface area (Å²) in [5.41, 5.74) is 7.05. The first-order chi connectivity index (χ1) is 37.4. The van der Waals surface area contributed by atoms with Crippen LogP contribution in [0.4, 0.5) is 0 Å². The van der Waals surface area contributed by atoms with Crippen LogP contribution in [0.2, 0.25) is 0 Å². The number of allylic oxidation sites excluding steroid dienone is 1. The molecule has 0 aliphatic heterocycles. The zero-order chi connectivity index (χ0) is 54.5. The van der Waals surface area contributed by atoms with Crippen molar-refractivity contribution in [2.24, 2.45) is 5.92 Å². The minimum atomic E-state index is -1.29. The lowest BCUT2D eigenvalue weighted by atomic mass is 9.84. The SMILES string of the molecule is COC(=O)C[C@H](O)[C@H](NC(=O)[C@@H](CSC(c1ccccc1)(c1ccccc1)c1ccccc1)NC(=O)[C@@H](Cc1ccccc1)NC(=O)C[C@H](O)/C=C/CCSC(c1ccccc1)(c1ccccc1)c1ccccc1)C(C)C. The number of aliphatic hydroxyl groups is 2. The van der Waals surface area contributed by atoms with Crippen molar-refractivity contribution in [1.82, 2.24) is 16.0 Å². The third-order valence-corrected chi connectivity index (χ3v) is 16.7. The van der Waals surface area contributed by atoms with Gasteiger partial charge in [0.2, 0.25) is 17.7 Å². The Morgan fingerprint density at radius 1 is 0.519 bits per heavy atom. The summed E-state index contributed by atoms with van der Waals surface area (Å²) in [5, 5.41) is 31.4. The van der Waals surface area contributed by atoms with Crippen LogP contribution in [0.5, 0.6) is 0 Å². The molecule has 0 saturated heterocycles. The number of amides is 3. The number of benzene rings is 7. The molecule has 0 unspecified atom stereocenters. The maximum absolute atomic E-state index is 14.9. The summed E-state index contributed by atoms with van der Waals surface area (Å²) in [6, 6.07) is 67.2. The Morgan fingerprint density at radius 3 is 1.31 bits per heavy atom. The number of thioether (sulfide) groups is 2. The predicted octanol–water partition coefficient (Wildman–Crippen LogP) is 10.4. The van der Waals surface area contributed by atoms with Gasteiger partial charge in [-0.2, -0.15) is 0 Å². The third-order valence-electron chi connectivity index (χ3n) is 13.5. The lowest BCUT2D eigenvalue weighted by Gasteiger charge is -2.37. The van der Waals surface area contributed by atoms with Crippen molar-refractivity contribution in [3.8, 4) is 0 Å². The molecule has 0 fully saturated rings. The van der Waals surface area contributed by atoms with Crippen LogP contribution in [0.1, 0.15) is 72.1 Å². The average Bonchev–Trinajstić information content (AvgIpc) is 3.47. The fourth-order valence-electron chi connectivity index (χ4n) is 9.66. The van der Waals surface area contributed by atoms with Crippen molar-refractivity contribution < 1.29 is 34.1 Å². The van der Waals surface area contributed by atoms with Crippen LogP contribution in [-0.4, -0.2) is 82.9 Å². The predicted molar refractivity (Wildman–Crippen MR) is 311 cm³/mol. The summed E-state index contributed by atoms with van der Waals surface area (Å²) in [7, 11) is 1.23. The molecule has 0 radical (unpaired) electrons. The minimum absolute atomic E-state index is 0.0329. The second-order valence-electron chi connectivity index (χ2n) is 19.2. The quantitative estimate of drug-likeness (QED) is 0.0147. The van der Waals surface area contributed by atoms with Crippen molar-refractivity contribution in [1.29, 1.82) is 0 Å². The van der Waals surface area contributed by atoms with E-state index in [9.17, 15) is 29.4 Å². The number of rotatable bonds is 27. The fraction of sp³-hybridized carbons (Fsp3) is 0.262. The molecule has 5 N–H and O–H groups in total. The summed E-state index contributed by atoms with van der Waals surface area (Å²) in [4.78, 5) is 56.0. The molecule has 0 heterocycles. The molecule has 0 bridgehead atoms. The maximum atomic E-state index is 14.9. The summed E-state index contributed by atoms with van der Waals surface area (Å²) in [5.74, 6) is -1.99. The van der Waals surface area contributed by atoms with Gasteiger partial charge in [0.1, 0.15) is 12.1 Å². The highest BCUT2D eigenvalue weighted by Gasteiger charge is 2.40. The number of methoxy groups -OCH3 is 1. The fourth-order valence-corrected chi connectivity index (χ4v) is 12.7. The molecule has 0 saturated carbocycles. The van der Waals surface area contributed by atoms with Crippen LogP contribution in [0.15, 0.2) is 224 Å². The van der Waals surface area contributed by atoms with E-state index in [0.29, 0.717) is 12.2 Å². The molecular formula is C65H69N3O7S2. The number of hydrogen-bond acceptors (Lipinski definition) is 9. The molecule has 7 aromatic rings. The number of carbonyl (C=O) groups excluding carboxylic acids is 4. The van der Waals surface area contributed by atoms with Crippen LogP contribution >= 0.6 is 23.5 Å². The highest BCUT2D eigenvalue weighted by molar-refractivity contribution is 8.00. The summed E-state index contributed by atoms with van der Waals surface area (Å²) in [6.07, 6.45) is 1.10. The lowest BCUT2D eigenvalue weighted by Crippen LogP contribution is -2.58. The molecule has 7 aromatic carbocycles. The van der Waals surface area contributed by atoms with Crippen molar-refractivity contribution in [2.45, 2.75) is 79.4 Å². The van der Waals surface area contributed by atoms with Crippen LogP contribution in [0.25, 0.3) is 0 Å². The van der Waals surface area contributed by atoms with E-state index in [-0.39, 0.29) is 30.9 Å². The molecule has 398 valence electrons. The second-order valence-corrected chi connectivity index (χ2v) is 21.7. The summed E-state index contributed by atoms with van der Waals surface area (Å²) in [6.45, 7) is 3.64. The summed E-state index contributed by atoms with van der Waals surface area (Å²) >= 11 is 3.28. The van der Waals surface area contributed by atoms with Crippen molar-refractivity contribution in [2.75, 3.05) is 18.6 Å². The number of aliphatic hydroxyl groups excluding tert-OH is 2. The topological polar surface area (TPSA) is 154 Å². The van der Waals surface area contributed by atoms with E-state index in [1.807, 2.05) is 159 Å². The molecule has 5 atom stereocenters. The van der Waals surface area contributed by atoms with Gasteiger partial charge in [0.25, 0.3) is 0 Å². The van der Waals surface area contributed by atoms with E-state index in [0.717, 1.165) is 38.9 Å². The number of hydrogen-bond donors (Lipinski definition) is 5. The number of nitrogens with one attached hydrogen (secondary N) is 3. The first-order valence-corrected chi connectivity index (χ1v) is 28.1. The van der Waals surface area contributed by atoms with Crippen molar-refractivity contribution in [3.63, 3.8) is 0 Å². The highest BCUT2D eigenvalue weighted by Crippen LogP contribution is 2.50. The van der Waals surface area contributed by atoms with Gasteiger partial charge in [-0.05, 0) is 57.0 Å². The minimum Gasteiger partial charge on any atom is -0.469 e. The molecular weight excluding hydrogens is 999 g/mol. The van der Waals surface area contributed by atoms with Crippen molar-refractivity contribution in [3.05, 3.63) is 263 Å². The van der Waals surface area contributed by atoms with E-state index in [2.05, 4.69) is 88.7 Å². The van der Waals surface area contributed by atoms with E-state index >= 15 is 0 Å². The van der Waals surface area contributed by atoms with Gasteiger partial charge < -0.3 is 30.9 Å². The Morgan fingerprint density at radius 2 is 0.909 bits per heavy atom. The van der Waals surface area contributed by atoms with Crippen LogP contribution < -0.4 is 16.0 Å². The lowest BCUT2D eigenvalue weighted by molar-refractivity contribution is -0.144. The Hall–Kier alpha value is -7.22. The third kappa shape index (κ3) is 15.3.